The molecule has 1 aliphatic carbocycles. The quantitative estimate of drug-likeness (QED) is 0.746. The van der Waals surface area contributed by atoms with Crippen LogP contribution in [0.15, 0.2) is 10.7 Å². The highest BCUT2D eigenvalue weighted by Crippen LogP contribution is 2.38. The van der Waals surface area contributed by atoms with E-state index in [4.69, 9.17) is 4.52 Å². The largest absolute Gasteiger partial charge is 0.340 e. The third kappa shape index (κ3) is 3.50. The Morgan fingerprint density at radius 3 is 3.04 bits per heavy atom. The van der Waals surface area contributed by atoms with E-state index < -0.39 is 0 Å². The van der Waals surface area contributed by atoms with Crippen LogP contribution in [0.4, 0.5) is 5.13 Å². The second-order valence-electron chi connectivity index (χ2n) is 7.21. The summed E-state index contributed by atoms with van der Waals surface area (Å²) in [6.07, 6.45) is 4.61. The molecule has 3 aromatic rings. The number of carbonyl (C=O) groups is 1. The number of thiazole rings is 1. The first-order valence-electron chi connectivity index (χ1n) is 8.37. The van der Waals surface area contributed by atoms with Gasteiger partial charge in [-0.3, -0.25) is 10.1 Å². The molecule has 0 radical (unpaired) electrons. The van der Waals surface area contributed by atoms with E-state index in [9.17, 15) is 4.79 Å². The SMILES string of the molecule is Cc1nc(Cn2cc(C(=O)Nc3nc4c(s3)CC(C)(C)CC4)nn2)no1. The number of fused-ring (bicyclic) bond motifs is 1. The molecule has 3 heterocycles. The number of aromatic nitrogens is 6. The van der Waals surface area contributed by atoms with E-state index >= 15 is 0 Å². The van der Waals surface area contributed by atoms with Crippen molar-refractivity contribution in [2.75, 3.05) is 5.32 Å². The molecule has 10 heteroatoms. The minimum Gasteiger partial charge on any atom is -0.340 e. The van der Waals surface area contributed by atoms with E-state index in [-0.39, 0.29) is 23.6 Å². The van der Waals surface area contributed by atoms with E-state index in [0.29, 0.717) is 16.8 Å². The molecule has 136 valence electrons. The van der Waals surface area contributed by atoms with Gasteiger partial charge in [-0.25, -0.2) is 9.67 Å². The smallest absolute Gasteiger partial charge is 0.279 e. The molecule has 1 amide bonds. The van der Waals surface area contributed by atoms with Gasteiger partial charge in [0, 0.05) is 11.8 Å². The van der Waals surface area contributed by atoms with Gasteiger partial charge in [0.05, 0.1) is 11.9 Å². The number of aryl methyl sites for hydroxylation is 2. The van der Waals surface area contributed by atoms with Crippen LogP contribution < -0.4 is 5.32 Å². The number of hydrogen-bond acceptors (Lipinski definition) is 8. The highest BCUT2D eigenvalue weighted by molar-refractivity contribution is 7.15. The summed E-state index contributed by atoms with van der Waals surface area (Å²) in [5.41, 5.74) is 1.61. The summed E-state index contributed by atoms with van der Waals surface area (Å²) in [5.74, 6) is 0.634. The van der Waals surface area contributed by atoms with Crippen LogP contribution in [0.25, 0.3) is 0 Å². The summed E-state index contributed by atoms with van der Waals surface area (Å²) in [7, 11) is 0. The third-order valence-electron chi connectivity index (χ3n) is 4.32. The molecular formula is C16H19N7O2S. The second-order valence-corrected chi connectivity index (χ2v) is 8.30. The number of anilines is 1. The van der Waals surface area contributed by atoms with Gasteiger partial charge in [-0.05, 0) is 24.7 Å². The van der Waals surface area contributed by atoms with Crippen LogP contribution in [0.3, 0.4) is 0 Å². The lowest BCUT2D eigenvalue weighted by Gasteiger charge is -2.28. The minimum absolute atomic E-state index is 0.221. The first kappa shape index (κ1) is 16.8. The van der Waals surface area contributed by atoms with E-state index in [1.54, 1.807) is 24.5 Å². The number of nitrogens with zero attached hydrogens (tertiary/aromatic N) is 6. The number of carbonyl (C=O) groups excluding carboxylic acids is 1. The Morgan fingerprint density at radius 1 is 1.42 bits per heavy atom. The summed E-state index contributed by atoms with van der Waals surface area (Å²) in [6.45, 7) is 6.53. The van der Waals surface area contributed by atoms with Crippen molar-refractivity contribution < 1.29 is 9.32 Å². The first-order valence-corrected chi connectivity index (χ1v) is 9.19. The van der Waals surface area contributed by atoms with Crippen molar-refractivity contribution in [3.63, 3.8) is 0 Å². The van der Waals surface area contributed by atoms with Crippen LogP contribution in [-0.4, -0.2) is 36.0 Å². The predicted molar refractivity (Wildman–Crippen MR) is 94.0 cm³/mol. The van der Waals surface area contributed by atoms with Crippen LogP contribution in [0.5, 0.6) is 0 Å². The second kappa shape index (κ2) is 6.27. The van der Waals surface area contributed by atoms with Gasteiger partial charge in [0.25, 0.3) is 5.91 Å². The fourth-order valence-electron chi connectivity index (χ4n) is 2.94. The number of amides is 1. The Bertz CT molecular complexity index is 956. The molecule has 0 unspecified atom stereocenters. The zero-order valence-corrected chi connectivity index (χ0v) is 15.6. The lowest BCUT2D eigenvalue weighted by Crippen LogP contribution is -2.20. The Kier molecular flexibility index (Phi) is 4.06. The molecule has 0 bridgehead atoms. The summed E-state index contributed by atoms with van der Waals surface area (Å²) < 4.78 is 6.41. The number of rotatable bonds is 4. The fraction of sp³-hybridized carbons (Fsp3) is 0.500. The maximum Gasteiger partial charge on any atom is 0.279 e. The molecule has 0 aliphatic heterocycles. The maximum absolute atomic E-state index is 12.4. The molecule has 0 atom stereocenters. The molecule has 0 aromatic carbocycles. The van der Waals surface area contributed by atoms with E-state index in [1.807, 2.05) is 0 Å². The highest BCUT2D eigenvalue weighted by atomic mass is 32.1. The van der Waals surface area contributed by atoms with Crippen molar-refractivity contribution in [2.24, 2.45) is 5.41 Å². The summed E-state index contributed by atoms with van der Waals surface area (Å²) in [5, 5.41) is 15.1. The van der Waals surface area contributed by atoms with Crippen LogP contribution in [-0.2, 0) is 19.4 Å². The van der Waals surface area contributed by atoms with Gasteiger partial charge >= 0.3 is 0 Å². The molecule has 26 heavy (non-hydrogen) atoms. The van der Waals surface area contributed by atoms with Crippen LogP contribution in [0.1, 0.15) is 53.0 Å². The van der Waals surface area contributed by atoms with Crippen molar-refractivity contribution in [3.05, 3.63) is 34.2 Å². The monoisotopic (exact) mass is 373 g/mol. The Hall–Kier alpha value is -2.62. The molecular weight excluding hydrogens is 354 g/mol. The molecule has 0 fully saturated rings. The predicted octanol–water partition coefficient (Wildman–Crippen LogP) is 2.24. The van der Waals surface area contributed by atoms with Crippen LogP contribution in [0, 0.1) is 12.3 Å². The summed E-state index contributed by atoms with van der Waals surface area (Å²) in [6, 6.07) is 0. The lowest BCUT2D eigenvalue weighted by molar-refractivity contribution is 0.102. The van der Waals surface area contributed by atoms with Crippen molar-refractivity contribution in [3.8, 4) is 0 Å². The van der Waals surface area contributed by atoms with Gasteiger partial charge in [-0.1, -0.05) is 24.2 Å². The Labute approximate surface area is 153 Å². The normalized spacial score (nSPS) is 15.7. The van der Waals surface area contributed by atoms with Gasteiger partial charge in [0.15, 0.2) is 16.6 Å². The van der Waals surface area contributed by atoms with E-state index in [1.165, 1.54) is 9.56 Å². The maximum atomic E-state index is 12.4. The molecule has 1 N–H and O–H groups in total. The van der Waals surface area contributed by atoms with E-state index in [0.717, 1.165) is 25.0 Å². The van der Waals surface area contributed by atoms with Crippen molar-refractivity contribution >= 4 is 22.4 Å². The van der Waals surface area contributed by atoms with Crippen LogP contribution >= 0.6 is 11.3 Å². The minimum atomic E-state index is -0.328. The Balaban J connectivity index is 1.43. The van der Waals surface area contributed by atoms with Gasteiger partial charge in [-0.2, -0.15) is 4.98 Å². The zero-order valence-electron chi connectivity index (χ0n) is 14.8. The van der Waals surface area contributed by atoms with Crippen LogP contribution in [0.2, 0.25) is 0 Å². The van der Waals surface area contributed by atoms with Crippen molar-refractivity contribution in [1.82, 2.24) is 30.1 Å². The summed E-state index contributed by atoms with van der Waals surface area (Å²) >= 11 is 1.54. The first-order chi connectivity index (χ1) is 12.4. The molecule has 0 saturated carbocycles. The van der Waals surface area contributed by atoms with E-state index in [2.05, 4.69) is 44.6 Å². The van der Waals surface area contributed by atoms with Crippen molar-refractivity contribution in [1.29, 1.82) is 0 Å². The molecule has 0 spiro atoms. The third-order valence-corrected chi connectivity index (χ3v) is 5.33. The zero-order chi connectivity index (χ0) is 18.3. The topological polar surface area (TPSA) is 112 Å². The molecule has 3 aromatic heterocycles. The Morgan fingerprint density at radius 2 is 2.27 bits per heavy atom. The van der Waals surface area contributed by atoms with Gasteiger partial charge < -0.3 is 4.52 Å². The van der Waals surface area contributed by atoms with Crippen molar-refractivity contribution in [2.45, 2.75) is 46.6 Å². The number of nitrogens with one attached hydrogen (secondary N) is 1. The molecule has 9 nitrogen and oxygen atoms in total. The van der Waals surface area contributed by atoms with Gasteiger partial charge in [0.2, 0.25) is 5.89 Å². The fourth-order valence-corrected chi connectivity index (χ4v) is 4.20. The molecule has 1 aliphatic rings. The molecule has 0 saturated heterocycles. The molecule has 4 rings (SSSR count). The average Bonchev–Trinajstić information content (AvgIpc) is 3.27. The lowest BCUT2D eigenvalue weighted by atomic mass is 9.79. The number of hydrogen-bond donors (Lipinski definition) is 1. The highest BCUT2D eigenvalue weighted by Gasteiger charge is 2.28. The van der Waals surface area contributed by atoms with Gasteiger partial charge in [0.1, 0.15) is 6.54 Å². The summed E-state index contributed by atoms with van der Waals surface area (Å²) in [4.78, 5) is 22.3. The van der Waals surface area contributed by atoms with Gasteiger partial charge in [-0.15, -0.1) is 16.4 Å². The standard InChI is InChI=1S/C16H19N7O2S/c1-9-17-13(21-25-9)8-23-7-11(20-22-23)14(24)19-15-18-10-4-5-16(2,3)6-12(10)26-15/h7H,4-6,8H2,1-3H3,(H,18,19,24). The average molecular weight is 373 g/mol.